The van der Waals surface area contributed by atoms with E-state index < -0.39 is 6.10 Å². The van der Waals surface area contributed by atoms with E-state index in [2.05, 4.69) is 81.5 Å². The third kappa shape index (κ3) is 50.1. The van der Waals surface area contributed by atoms with Gasteiger partial charge in [-0.3, -0.25) is 14.4 Å². The molecule has 0 amide bonds. The van der Waals surface area contributed by atoms with Gasteiger partial charge in [-0.2, -0.15) is 0 Å². The molecule has 0 N–H and O–H groups in total. The Labute approximate surface area is 396 Å². The van der Waals surface area contributed by atoms with Crippen molar-refractivity contribution >= 4 is 17.9 Å². The molecule has 0 aromatic heterocycles. The van der Waals surface area contributed by atoms with Gasteiger partial charge in [0, 0.05) is 19.3 Å². The second-order valence-corrected chi connectivity index (χ2v) is 18.2. The number of carbonyl (C=O) groups excluding carboxylic acids is 3. The summed E-state index contributed by atoms with van der Waals surface area (Å²) in [5.74, 6) is -0.903. The van der Waals surface area contributed by atoms with Gasteiger partial charge >= 0.3 is 17.9 Å². The summed E-state index contributed by atoms with van der Waals surface area (Å²) in [6, 6.07) is 0. The van der Waals surface area contributed by atoms with E-state index in [-0.39, 0.29) is 31.1 Å². The molecule has 0 bridgehead atoms. The van der Waals surface area contributed by atoms with Crippen LogP contribution in [0.5, 0.6) is 0 Å². The van der Waals surface area contributed by atoms with Gasteiger partial charge < -0.3 is 14.2 Å². The monoisotopic (exact) mass is 895 g/mol. The van der Waals surface area contributed by atoms with E-state index in [1.807, 2.05) is 0 Å². The normalized spacial score (nSPS) is 12.5. The Kier molecular flexibility index (Phi) is 50.4. The SMILES string of the molecule is CC\C=C/C=C\C=C/CCCCCCCCCC(=O)OC(COC(=O)CCCCCCC/C=C\CCCCC)COC(=O)CCCCCCCCC/C=C\CCCCCCCCCC. The quantitative estimate of drug-likeness (QED) is 0.0199. The molecule has 0 aromatic rings. The highest BCUT2D eigenvalue weighted by Crippen LogP contribution is 2.15. The van der Waals surface area contributed by atoms with Crippen molar-refractivity contribution in [3.05, 3.63) is 60.8 Å². The number of carbonyl (C=O) groups is 3. The van der Waals surface area contributed by atoms with Crippen molar-refractivity contribution in [1.29, 1.82) is 0 Å². The zero-order chi connectivity index (χ0) is 46.5. The van der Waals surface area contributed by atoms with Crippen LogP contribution >= 0.6 is 0 Å². The maximum absolute atomic E-state index is 12.8. The predicted octanol–water partition coefficient (Wildman–Crippen LogP) is 18.0. The Morgan fingerprint density at radius 2 is 0.625 bits per heavy atom. The Balaban J connectivity index is 4.36. The lowest BCUT2D eigenvalue weighted by Gasteiger charge is -2.18. The first kappa shape index (κ1) is 61.1. The second-order valence-electron chi connectivity index (χ2n) is 18.2. The van der Waals surface area contributed by atoms with Crippen LogP contribution in [0.2, 0.25) is 0 Å². The fourth-order valence-electron chi connectivity index (χ4n) is 7.67. The third-order valence-electron chi connectivity index (χ3n) is 11.8. The molecule has 0 aliphatic carbocycles. The number of rotatable bonds is 49. The van der Waals surface area contributed by atoms with Gasteiger partial charge in [0.15, 0.2) is 6.10 Å². The van der Waals surface area contributed by atoms with Gasteiger partial charge in [-0.05, 0) is 89.9 Å². The van der Waals surface area contributed by atoms with Crippen LogP contribution in [0.25, 0.3) is 0 Å². The smallest absolute Gasteiger partial charge is 0.306 e. The number of allylic oxidation sites excluding steroid dienone is 10. The summed E-state index contributed by atoms with van der Waals surface area (Å²) in [7, 11) is 0. The average molecular weight is 895 g/mol. The molecule has 0 rings (SSSR count). The summed E-state index contributed by atoms with van der Waals surface area (Å²) in [6.45, 7) is 6.48. The summed E-state index contributed by atoms with van der Waals surface area (Å²) in [5.41, 5.74) is 0. The zero-order valence-corrected chi connectivity index (χ0v) is 42.3. The zero-order valence-electron chi connectivity index (χ0n) is 42.3. The van der Waals surface area contributed by atoms with Crippen LogP contribution in [-0.4, -0.2) is 37.2 Å². The average Bonchev–Trinajstić information content (AvgIpc) is 3.29. The van der Waals surface area contributed by atoms with Crippen molar-refractivity contribution in [3.63, 3.8) is 0 Å². The molecule has 0 saturated carbocycles. The molecule has 1 unspecified atom stereocenters. The molecule has 64 heavy (non-hydrogen) atoms. The highest BCUT2D eigenvalue weighted by atomic mass is 16.6. The molecule has 0 saturated heterocycles. The van der Waals surface area contributed by atoms with Gasteiger partial charge in [-0.15, -0.1) is 0 Å². The van der Waals surface area contributed by atoms with Crippen molar-refractivity contribution in [2.75, 3.05) is 13.2 Å². The van der Waals surface area contributed by atoms with Crippen molar-refractivity contribution in [3.8, 4) is 0 Å². The van der Waals surface area contributed by atoms with Crippen LogP contribution in [0.15, 0.2) is 60.8 Å². The minimum absolute atomic E-state index is 0.0835. The summed E-state index contributed by atoms with van der Waals surface area (Å²) < 4.78 is 16.8. The maximum atomic E-state index is 12.8. The molecule has 0 spiro atoms. The molecule has 0 heterocycles. The number of unbranched alkanes of at least 4 members (excludes halogenated alkanes) is 30. The van der Waals surface area contributed by atoms with E-state index in [0.29, 0.717) is 19.3 Å². The molecule has 0 aliphatic rings. The molecule has 0 aliphatic heterocycles. The van der Waals surface area contributed by atoms with Gasteiger partial charge in [0.05, 0.1) is 0 Å². The van der Waals surface area contributed by atoms with Crippen LogP contribution < -0.4 is 0 Å². The largest absolute Gasteiger partial charge is 0.462 e. The topological polar surface area (TPSA) is 78.9 Å². The van der Waals surface area contributed by atoms with Gasteiger partial charge in [-0.25, -0.2) is 0 Å². The number of ether oxygens (including phenoxy) is 3. The lowest BCUT2D eigenvalue weighted by Crippen LogP contribution is -2.30. The number of hydrogen-bond acceptors (Lipinski definition) is 6. The van der Waals surface area contributed by atoms with E-state index in [1.54, 1.807) is 0 Å². The molecular formula is C58H102O6. The standard InChI is InChI=1S/C58H102O6/c1-4-7-10-13-16-19-22-25-27-28-29-30-32-33-36-39-42-45-48-51-57(60)63-54-55(53-62-56(59)50-47-44-41-38-35-24-21-18-15-12-9-6-3)64-58(61)52-49-46-43-40-37-34-31-26-23-20-17-14-11-8-5-2/h8,11,14,17-18,20-21,23,28-29,55H,4-7,9-10,12-13,15-16,19,22,24-27,30-54H2,1-3H3/b11-8-,17-14-,21-18-,23-20-,29-28-. The second kappa shape index (κ2) is 52.7. The fraction of sp³-hybridized carbons (Fsp3) is 0.776. The van der Waals surface area contributed by atoms with E-state index in [1.165, 1.54) is 154 Å². The summed E-state index contributed by atoms with van der Waals surface area (Å²) in [6.07, 6.45) is 64.9. The Morgan fingerprint density at radius 1 is 0.328 bits per heavy atom. The van der Waals surface area contributed by atoms with Gasteiger partial charge in [0.25, 0.3) is 0 Å². The number of hydrogen-bond donors (Lipinski definition) is 0. The fourth-order valence-corrected chi connectivity index (χ4v) is 7.67. The maximum Gasteiger partial charge on any atom is 0.306 e. The molecular weight excluding hydrogens is 793 g/mol. The molecule has 370 valence electrons. The van der Waals surface area contributed by atoms with E-state index in [4.69, 9.17) is 14.2 Å². The van der Waals surface area contributed by atoms with Crippen molar-refractivity contribution in [2.45, 2.75) is 277 Å². The number of esters is 3. The van der Waals surface area contributed by atoms with Gasteiger partial charge in [0.2, 0.25) is 0 Å². The Hall–Kier alpha value is -2.89. The molecule has 1 atom stereocenters. The predicted molar refractivity (Wildman–Crippen MR) is 275 cm³/mol. The van der Waals surface area contributed by atoms with E-state index >= 15 is 0 Å². The highest BCUT2D eigenvalue weighted by Gasteiger charge is 2.19. The summed E-state index contributed by atoms with van der Waals surface area (Å²) >= 11 is 0. The Bertz CT molecular complexity index is 1170. The highest BCUT2D eigenvalue weighted by molar-refractivity contribution is 5.71. The van der Waals surface area contributed by atoms with Crippen LogP contribution in [0, 0.1) is 0 Å². The summed E-state index contributed by atoms with van der Waals surface area (Å²) in [5, 5.41) is 0. The molecule has 6 nitrogen and oxygen atoms in total. The van der Waals surface area contributed by atoms with Crippen LogP contribution in [-0.2, 0) is 28.6 Å². The molecule has 0 aromatic carbocycles. The van der Waals surface area contributed by atoms with Crippen molar-refractivity contribution < 1.29 is 28.6 Å². The Morgan fingerprint density at radius 3 is 1.02 bits per heavy atom. The first-order chi connectivity index (χ1) is 31.5. The lowest BCUT2D eigenvalue weighted by molar-refractivity contribution is -0.167. The van der Waals surface area contributed by atoms with E-state index in [9.17, 15) is 14.4 Å². The minimum Gasteiger partial charge on any atom is -0.462 e. The molecule has 6 heteroatoms. The third-order valence-corrected chi connectivity index (χ3v) is 11.8. The molecule has 0 fully saturated rings. The summed E-state index contributed by atoms with van der Waals surface area (Å²) in [4.78, 5) is 38.0. The lowest BCUT2D eigenvalue weighted by atomic mass is 10.1. The van der Waals surface area contributed by atoms with Crippen molar-refractivity contribution in [1.82, 2.24) is 0 Å². The van der Waals surface area contributed by atoms with Gasteiger partial charge in [-0.1, -0.05) is 223 Å². The van der Waals surface area contributed by atoms with Crippen LogP contribution in [0.1, 0.15) is 271 Å². The van der Waals surface area contributed by atoms with Crippen molar-refractivity contribution in [2.24, 2.45) is 0 Å². The van der Waals surface area contributed by atoms with E-state index in [0.717, 1.165) is 77.0 Å². The van der Waals surface area contributed by atoms with Crippen LogP contribution in [0.3, 0.4) is 0 Å². The minimum atomic E-state index is -0.785. The first-order valence-electron chi connectivity index (χ1n) is 27.3. The van der Waals surface area contributed by atoms with Gasteiger partial charge in [0.1, 0.15) is 13.2 Å². The van der Waals surface area contributed by atoms with Crippen LogP contribution in [0.4, 0.5) is 0 Å². The molecule has 0 radical (unpaired) electrons. The first-order valence-corrected chi connectivity index (χ1v) is 27.3.